The lowest BCUT2D eigenvalue weighted by Crippen LogP contribution is -2.19. The normalized spacial score (nSPS) is 24.2. The number of rotatable bonds is 3. The summed E-state index contributed by atoms with van der Waals surface area (Å²) >= 11 is 0. The highest BCUT2D eigenvalue weighted by atomic mass is 16.4. The molecular weight excluding hydrogens is 228 g/mol. The summed E-state index contributed by atoms with van der Waals surface area (Å²) in [5, 5.41) is 13.5. The monoisotopic (exact) mass is 250 g/mol. The van der Waals surface area contributed by atoms with Crippen molar-refractivity contribution >= 4 is 5.97 Å². The Bertz CT molecular complexity index is 451. The lowest BCUT2D eigenvalue weighted by molar-refractivity contribution is -0.136. The van der Waals surface area contributed by atoms with E-state index >= 15 is 0 Å². The van der Waals surface area contributed by atoms with E-state index in [9.17, 15) is 4.79 Å². The summed E-state index contributed by atoms with van der Waals surface area (Å²) in [6, 6.07) is 0.454. The molecular formula is C14H22N2O2. The van der Waals surface area contributed by atoms with Crippen molar-refractivity contribution in [2.24, 2.45) is 5.92 Å². The second-order valence-electron chi connectivity index (χ2n) is 5.59. The molecule has 18 heavy (non-hydrogen) atoms. The van der Waals surface area contributed by atoms with E-state index in [1.165, 1.54) is 19.3 Å². The van der Waals surface area contributed by atoms with Crippen molar-refractivity contribution in [3.05, 3.63) is 17.0 Å². The third kappa shape index (κ3) is 2.57. The number of carboxylic acid groups (broad SMARTS) is 1. The molecule has 1 heterocycles. The Morgan fingerprint density at radius 1 is 1.44 bits per heavy atom. The van der Waals surface area contributed by atoms with Crippen LogP contribution in [0.3, 0.4) is 0 Å². The van der Waals surface area contributed by atoms with Crippen LogP contribution in [-0.4, -0.2) is 20.9 Å². The average molecular weight is 250 g/mol. The number of nitrogens with zero attached hydrogens (tertiary/aromatic N) is 2. The Balaban J connectivity index is 2.25. The molecule has 4 nitrogen and oxygen atoms in total. The molecule has 0 bridgehead atoms. The van der Waals surface area contributed by atoms with Gasteiger partial charge in [-0.3, -0.25) is 9.48 Å². The van der Waals surface area contributed by atoms with E-state index in [1.54, 1.807) is 0 Å². The Kier molecular flexibility index (Phi) is 3.73. The molecule has 0 spiro atoms. The van der Waals surface area contributed by atoms with E-state index in [4.69, 9.17) is 5.11 Å². The highest BCUT2D eigenvalue weighted by Gasteiger charge is 2.24. The van der Waals surface area contributed by atoms with Crippen LogP contribution in [0.2, 0.25) is 0 Å². The van der Waals surface area contributed by atoms with Crippen molar-refractivity contribution in [1.82, 2.24) is 9.78 Å². The largest absolute Gasteiger partial charge is 0.481 e. The second-order valence-corrected chi connectivity index (χ2v) is 5.59. The van der Waals surface area contributed by atoms with Crippen LogP contribution in [0, 0.1) is 19.8 Å². The molecule has 0 saturated heterocycles. The Labute approximate surface area is 108 Å². The van der Waals surface area contributed by atoms with Crippen molar-refractivity contribution in [1.29, 1.82) is 0 Å². The van der Waals surface area contributed by atoms with Crippen LogP contribution in [0.4, 0.5) is 0 Å². The van der Waals surface area contributed by atoms with Crippen LogP contribution in [0.1, 0.15) is 55.6 Å². The topological polar surface area (TPSA) is 55.1 Å². The van der Waals surface area contributed by atoms with Gasteiger partial charge in [-0.1, -0.05) is 19.8 Å². The van der Waals surface area contributed by atoms with Gasteiger partial charge in [0.15, 0.2) is 0 Å². The summed E-state index contributed by atoms with van der Waals surface area (Å²) in [5.41, 5.74) is 2.79. The van der Waals surface area contributed by atoms with Gasteiger partial charge < -0.3 is 5.11 Å². The summed E-state index contributed by atoms with van der Waals surface area (Å²) in [4.78, 5) is 10.9. The first kappa shape index (κ1) is 13.1. The van der Waals surface area contributed by atoms with Crippen molar-refractivity contribution in [2.45, 2.75) is 58.9 Å². The molecule has 1 saturated carbocycles. The maximum absolute atomic E-state index is 10.9. The molecule has 100 valence electrons. The molecule has 0 aliphatic heterocycles. The SMILES string of the molecule is Cc1nn(C2CCCC(C)C2)c(C)c1CC(=O)O. The molecule has 0 aromatic carbocycles. The zero-order valence-corrected chi connectivity index (χ0v) is 11.4. The summed E-state index contributed by atoms with van der Waals surface area (Å²) < 4.78 is 2.07. The molecule has 0 radical (unpaired) electrons. The van der Waals surface area contributed by atoms with E-state index in [1.807, 2.05) is 13.8 Å². The van der Waals surface area contributed by atoms with Gasteiger partial charge in [-0.2, -0.15) is 5.10 Å². The molecule has 4 heteroatoms. The number of hydrogen-bond donors (Lipinski definition) is 1. The Hall–Kier alpha value is -1.32. The molecule has 2 unspecified atom stereocenters. The van der Waals surface area contributed by atoms with Gasteiger partial charge in [-0.15, -0.1) is 0 Å². The van der Waals surface area contributed by atoms with Crippen molar-refractivity contribution in [3.8, 4) is 0 Å². The maximum Gasteiger partial charge on any atom is 0.307 e. The Morgan fingerprint density at radius 2 is 2.17 bits per heavy atom. The molecule has 1 fully saturated rings. The first-order valence-electron chi connectivity index (χ1n) is 6.75. The third-order valence-corrected chi connectivity index (χ3v) is 4.06. The molecule has 1 aromatic rings. The summed E-state index contributed by atoms with van der Waals surface area (Å²) in [6.45, 7) is 6.20. The Morgan fingerprint density at radius 3 is 2.78 bits per heavy atom. The number of carbonyl (C=O) groups is 1. The van der Waals surface area contributed by atoms with Gasteiger partial charge in [0.1, 0.15) is 0 Å². The quantitative estimate of drug-likeness (QED) is 0.897. The highest BCUT2D eigenvalue weighted by Crippen LogP contribution is 2.33. The van der Waals surface area contributed by atoms with Gasteiger partial charge in [-0.25, -0.2) is 0 Å². The minimum absolute atomic E-state index is 0.0833. The van der Waals surface area contributed by atoms with E-state index < -0.39 is 5.97 Å². The standard InChI is InChI=1S/C14H22N2O2/c1-9-5-4-6-12(7-9)16-11(3)13(8-14(17)18)10(2)15-16/h9,12H,4-8H2,1-3H3,(H,17,18). The molecule has 1 aliphatic carbocycles. The zero-order valence-electron chi connectivity index (χ0n) is 11.4. The van der Waals surface area contributed by atoms with Crippen LogP contribution >= 0.6 is 0 Å². The first-order valence-corrected chi connectivity index (χ1v) is 6.75. The fourth-order valence-corrected chi connectivity index (χ4v) is 3.08. The first-order chi connectivity index (χ1) is 8.49. The van der Waals surface area contributed by atoms with E-state index in [-0.39, 0.29) is 6.42 Å². The third-order valence-electron chi connectivity index (χ3n) is 4.06. The molecule has 0 amide bonds. The smallest absolute Gasteiger partial charge is 0.307 e. The van der Waals surface area contributed by atoms with E-state index in [0.29, 0.717) is 6.04 Å². The predicted molar refractivity (Wildman–Crippen MR) is 69.7 cm³/mol. The fraction of sp³-hybridized carbons (Fsp3) is 0.714. The van der Waals surface area contributed by atoms with Crippen molar-refractivity contribution in [3.63, 3.8) is 0 Å². The van der Waals surface area contributed by atoms with Gasteiger partial charge >= 0.3 is 5.97 Å². The predicted octanol–water partition coefficient (Wildman–Crippen LogP) is 2.88. The summed E-state index contributed by atoms with van der Waals surface area (Å²) in [5.74, 6) is -0.0339. The van der Waals surface area contributed by atoms with Crippen LogP contribution in [0.15, 0.2) is 0 Å². The van der Waals surface area contributed by atoms with Gasteiger partial charge in [-0.05, 0) is 32.6 Å². The average Bonchev–Trinajstić information content (AvgIpc) is 2.56. The fourth-order valence-electron chi connectivity index (χ4n) is 3.08. The maximum atomic E-state index is 10.9. The van der Waals surface area contributed by atoms with Crippen LogP contribution in [-0.2, 0) is 11.2 Å². The number of aryl methyl sites for hydroxylation is 1. The number of carboxylic acids is 1. The summed E-state index contributed by atoms with van der Waals surface area (Å²) in [7, 11) is 0. The van der Waals surface area contributed by atoms with Gasteiger partial charge in [0.05, 0.1) is 18.2 Å². The van der Waals surface area contributed by atoms with E-state index in [2.05, 4.69) is 16.7 Å². The minimum atomic E-state index is -0.780. The zero-order chi connectivity index (χ0) is 13.3. The molecule has 1 aliphatic rings. The van der Waals surface area contributed by atoms with Crippen LogP contribution in [0.25, 0.3) is 0 Å². The highest BCUT2D eigenvalue weighted by molar-refractivity contribution is 5.70. The van der Waals surface area contributed by atoms with Gasteiger partial charge in [0.2, 0.25) is 0 Å². The molecule has 1 N–H and O–H groups in total. The number of aromatic nitrogens is 2. The van der Waals surface area contributed by atoms with Gasteiger partial charge in [0, 0.05) is 11.3 Å². The van der Waals surface area contributed by atoms with E-state index in [0.717, 1.165) is 29.3 Å². The van der Waals surface area contributed by atoms with Crippen LogP contribution in [0.5, 0.6) is 0 Å². The van der Waals surface area contributed by atoms with Crippen molar-refractivity contribution < 1.29 is 9.90 Å². The van der Waals surface area contributed by atoms with Gasteiger partial charge in [0.25, 0.3) is 0 Å². The molecule has 2 atom stereocenters. The lowest BCUT2D eigenvalue weighted by atomic mass is 9.87. The molecule has 1 aromatic heterocycles. The van der Waals surface area contributed by atoms with Crippen molar-refractivity contribution in [2.75, 3.05) is 0 Å². The molecule has 2 rings (SSSR count). The second kappa shape index (κ2) is 5.12. The van der Waals surface area contributed by atoms with Crippen LogP contribution < -0.4 is 0 Å². The number of aliphatic carboxylic acids is 1. The summed E-state index contributed by atoms with van der Waals surface area (Å²) in [6.07, 6.45) is 4.96. The number of hydrogen-bond acceptors (Lipinski definition) is 2. The lowest BCUT2D eigenvalue weighted by Gasteiger charge is -2.28. The minimum Gasteiger partial charge on any atom is -0.481 e.